The van der Waals surface area contributed by atoms with Crippen molar-refractivity contribution in [1.29, 1.82) is 0 Å². The average Bonchev–Trinajstić information content (AvgIpc) is 2.76. The molecule has 0 rings (SSSR count). The maximum Gasteiger partial charge on any atom is 0.197 e. The second kappa shape index (κ2) is 19.5. The van der Waals surface area contributed by atoms with E-state index in [4.69, 9.17) is 14.2 Å². The second-order valence-corrected chi connectivity index (χ2v) is 11.8. The fraction of sp³-hybridized carbons (Fsp3) is 1.00. The van der Waals surface area contributed by atoms with Crippen molar-refractivity contribution in [2.45, 2.75) is 128 Å². The molecule has 4 nitrogen and oxygen atoms in total. The van der Waals surface area contributed by atoms with Crippen LogP contribution >= 0.6 is 0 Å². The fourth-order valence-electron chi connectivity index (χ4n) is 4.39. The molecule has 5 heteroatoms. The molecule has 0 N–H and O–H groups in total. The molecule has 0 saturated heterocycles. The molecule has 0 fully saturated rings. The Kier molecular flexibility index (Phi) is 19.6. The summed E-state index contributed by atoms with van der Waals surface area (Å²) in [4.78, 5) is 0. The van der Waals surface area contributed by atoms with Crippen LogP contribution in [0.1, 0.15) is 116 Å². The molecule has 0 bridgehead atoms. The number of hydrogen-bond acceptors (Lipinski definition) is 3. The number of hydrogen-bond donors (Lipinski definition) is 0. The number of unbranched alkanes of at least 4 members (excludes halogenated alkanes) is 15. The van der Waals surface area contributed by atoms with Crippen LogP contribution in [0.3, 0.4) is 0 Å². The highest BCUT2D eigenvalue weighted by atomic mass is 28.1. The summed E-state index contributed by atoms with van der Waals surface area (Å²) in [5.41, 5.74) is -0.454. The zero-order valence-electron chi connectivity index (χ0n) is 22.5. The van der Waals surface area contributed by atoms with Gasteiger partial charge >= 0.3 is 0 Å². The quantitative estimate of drug-likeness (QED) is 0.0810. The van der Waals surface area contributed by atoms with Gasteiger partial charge in [0, 0.05) is 21.3 Å². The molecule has 31 heavy (non-hydrogen) atoms. The van der Waals surface area contributed by atoms with Gasteiger partial charge in [-0.1, -0.05) is 96.8 Å². The third-order valence-electron chi connectivity index (χ3n) is 7.05. The van der Waals surface area contributed by atoms with Crippen LogP contribution in [0.15, 0.2) is 0 Å². The highest BCUT2D eigenvalue weighted by molar-refractivity contribution is 6.13. The van der Waals surface area contributed by atoms with Gasteiger partial charge in [-0.25, -0.2) is 0 Å². The van der Waals surface area contributed by atoms with Crippen LogP contribution in [-0.2, 0) is 14.2 Å². The SMILES string of the molecule is CCCCCCCCCCCCCCCCCC[N+](C)(C)C(CC([SiH3])(OC)OC)OC. The van der Waals surface area contributed by atoms with E-state index < -0.39 is 5.41 Å². The summed E-state index contributed by atoms with van der Waals surface area (Å²) in [6, 6.07) is 0. The number of rotatable bonds is 23. The van der Waals surface area contributed by atoms with Crippen molar-refractivity contribution in [2.75, 3.05) is 42.0 Å². The Morgan fingerprint density at radius 3 is 1.32 bits per heavy atom. The molecule has 188 valence electrons. The van der Waals surface area contributed by atoms with E-state index in [9.17, 15) is 0 Å². The zero-order chi connectivity index (χ0) is 23.4. The predicted octanol–water partition coefficient (Wildman–Crippen LogP) is 6.00. The summed E-state index contributed by atoms with van der Waals surface area (Å²) in [6.07, 6.45) is 23.5. The minimum atomic E-state index is -0.454. The fourth-order valence-corrected chi connectivity index (χ4v) is 4.74. The first-order valence-corrected chi connectivity index (χ1v) is 14.3. The van der Waals surface area contributed by atoms with Crippen molar-refractivity contribution in [2.24, 2.45) is 0 Å². The minimum Gasteiger partial charge on any atom is -0.358 e. The van der Waals surface area contributed by atoms with E-state index in [-0.39, 0.29) is 6.23 Å². The van der Waals surface area contributed by atoms with Crippen LogP contribution < -0.4 is 0 Å². The largest absolute Gasteiger partial charge is 0.358 e. The third-order valence-corrected chi connectivity index (χ3v) is 8.27. The first-order chi connectivity index (χ1) is 14.8. The molecule has 1 atom stereocenters. The van der Waals surface area contributed by atoms with Crippen LogP contribution in [-0.4, -0.2) is 68.3 Å². The van der Waals surface area contributed by atoms with Gasteiger partial charge in [-0.3, -0.25) is 0 Å². The number of ether oxygens (including phenoxy) is 3. The summed E-state index contributed by atoms with van der Waals surface area (Å²) >= 11 is 0. The first-order valence-electron chi connectivity index (χ1n) is 13.3. The van der Waals surface area contributed by atoms with Crippen molar-refractivity contribution in [3.8, 4) is 0 Å². The van der Waals surface area contributed by atoms with Crippen molar-refractivity contribution in [1.82, 2.24) is 0 Å². The van der Waals surface area contributed by atoms with Crippen LogP contribution in [0, 0.1) is 0 Å². The van der Waals surface area contributed by atoms with Crippen LogP contribution in [0.2, 0.25) is 0 Å². The van der Waals surface area contributed by atoms with Crippen molar-refractivity contribution < 1.29 is 18.7 Å². The van der Waals surface area contributed by atoms with Gasteiger partial charge in [-0.05, 0) is 12.8 Å². The Bertz CT molecular complexity index is 389. The summed E-state index contributed by atoms with van der Waals surface area (Å²) in [7, 11) is 10.7. The van der Waals surface area contributed by atoms with Gasteiger partial charge in [0.1, 0.15) is 5.41 Å². The van der Waals surface area contributed by atoms with E-state index in [0.717, 1.165) is 27.7 Å². The second-order valence-electron chi connectivity index (χ2n) is 10.2. The van der Waals surface area contributed by atoms with Gasteiger partial charge < -0.3 is 18.7 Å². The standard InChI is InChI=1S/C26H58NO3Si/c1-7-8-9-10-11-12-13-14-15-16-17-18-19-20-21-22-23-27(2,3)25(28-4)24-26(31,29-5)30-6/h25H,7-24H2,1-6,31H3/q+1. The first kappa shape index (κ1) is 31.1. The van der Waals surface area contributed by atoms with E-state index in [1.165, 1.54) is 103 Å². The molecule has 0 amide bonds. The van der Waals surface area contributed by atoms with E-state index in [1.54, 1.807) is 14.2 Å². The van der Waals surface area contributed by atoms with Gasteiger partial charge in [0.2, 0.25) is 0 Å². The molecular weight excluding hydrogens is 402 g/mol. The lowest BCUT2D eigenvalue weighted by molar-refractivity contribution is -0.938. The smallest absolute Gasteiger partial charge is 0.197 e. The molecule has 0 spiro atoms. The maximum atomic E-state index is 5.83. The van der Waals surface area contributed by atoms with E-state index in [1.807, 2.05) is 7.11 Å². The minimum absolute atomic E-state index is 0.105. The van der Waals surface area contributed by atoms with E-state index in [0.29, 0.717) is 0 Å². The Balaban J connectivity index is 3.66. The van der Waals surface area contributed by atoms with Crippen LogP contribution in [0.5, 0.6) is 0 Å². The zero-order valence-corrected chi connectivity index (χ0v) is 24.5. The molecule has 1 unspecified atom stereocenters. The van der Waals surface area contributed by atoms with Crippen molar-refractivity contribution >= 4 is 10.2 Å². The third kappa shape index (κ3) is 16.3. The van der Waals surface area contributed by atoms with Gasteiger partial charge in [0.25, 0.3) is 0 Å². The Morgan fingerprint density at radius 2 is 1.00 bits per heavy atom. The van der Waals surface area contributed by atoms with Crippen LogP contribution in [0.4, 0.5) is 0 Å². The molecular formula is C26H58NO3Si+. The Labute approximate surface area is 198 Å². The number of nitrogens with zero attached hydrogens (tertiary/aromatic N) is 1. The topological polar surface area (TPSA) is 27.7 Å². The normalized spacial score (nSPS) is 13.7. The van der Waals surface area contributed by atoms with Gasteiger partial charge in [0.15, 0.2) is 6.23 Å². The highest BCUT2D eigenvalue weighted by Crippen LogP contribution is 2.22. The maximum absolute atomic E-state index is 5.83. The molecule has 0 aliphatic carbocycles. The summed E-state index contributed by atoms with van der Waals surface area (Å²) in [6.45, 7) is 3.43. The molecule has 0 aromatic rings. The lowest BCUT2D eigenvalue weighted by atomic mass is 10.0. The Morgan fingerprint density at radius 1 is 0.645 bits per heavy atom. The average molecular weight is 461 g/mol. The molecule has 0 heterocycles. The summed E-state index contributed by atoms with van der Waals surface area (Å²) in [5, 5.41) is 0. The number of quaternary nitrogens is 1. The lowest BCUT2D eigenvalue weighted by Gasteiger charge is -2.40. The monoisotopic (exact) mass is 460 g/mol. The summed E-state index contributed by atoms with van der Waals surface area (Å²) < 4.78 is 17.9. The molecule has 0 aliphatic heterocycles. The van der Waals surface area contributed by atoms with Gasteiger partial charge in [-0.15, -0.1) is 0 Å². The predicted molar refractivity (Wildman–Crippen MR) is 139 cm³/mol. The summed E-state index contributed by atoms with van der Waals surface area (Å²) in [5.74, 6) is 0. The molecule has 0 aromatic carbocycles. The van der Waals surface area contributed by atoms with Gasteiger partial charge in [-0.2, -0.15) is 0 Å². The van der Waals surface area contributed by atoms with E-state index in [2.05, 4.69) is 21.0 Å². The van der Waals surface area contributed by atoms with Crippen molar-refractivity contribution in [3.63, 3.8) is 0 Å². The highest BCUT2D eigenvalue weighted by Gasteiger charge is 2.36. The van der Waals surface area contributed by atoms with Crippen molar-refractivity contribution in [3.05, 3.63) is 0 Å². The Hall–Kier alpha value is 0.0569. The lowest BCUT2D eigenvalue weighted by Crippen LogP contribution is -2.54. The van der Waals surface area contributed by atoms with Crippen LogP contribution in [0.25, 0.3) is 0 Å². The number of methoxy groups -OCH3 is 3. The molecule has 0 aliphatic rings. The van der Waals surface area contributed by atoms with E-state index >= 15 is 0 Å². The molecule has 0 aromatic heterocycles. The molecule has 0 saturated carbocycles. The molecule has 0 radical (unpaired) electrons. The van der Waals surface area contributed by atoms with Gasteiger partial charge in [0.05, 0.1) is 37.3 Å².